The van der Waals surface area contributed by atoms with Gasteiger partial charge in [-0.1, -0.05) is 0 Å². The van der Waals surface area contributed by atoms with Gasteiger partial charge in [0.15, 0.2) is 0 Å². The molecule has 0 aliphatic heterocycles. The molecule has 0 aromatic carbocycles. The van der Waals surface area contributed by atoms with Crippen LogP contribution in [0.4, 0.5) is 26.3 Å². The third-order valence-electron chi connectivity index (χ3n) is 0.585. The third kappa shape index (κ3) is 9.81. The second-order valence-corrected chi connectivity index (χ2v) is 4.67. The van der Waals surface area contributed by atoms with Gasteiger partial charge < -0.3 is 0 Å². The van der Waals surface area contributed by atoms with Gasteiger partial charge in [-0.3, -0.25) is 9.11 Å². The molecule has 0 fully saturated rings. The second kappa shape index (κ2) is 6.35. The smallest absolute Gasteiger partial charge is 0.279 e. The van der Waals surface area contributed by atoms with Crippen LogP contribution in [0.1, 0.15) is 0 Å². The fourth-order valence-corrected chi connectivity index (χ4v) is 0. The van der Waals surface area contributed by atoms with Gasteiger partial charge in [0.2, 0.25) is 0 Å². The molecule has 0 saturated carbocycles. The maximum Gasteiger partial charge on any atom is 0.522 e. The summed E-state index contributed by atoms with van der Waals surface area (Å²) in [5, 5.41) is 0. The summed E-state index contributed by atoms with van der Waals surface area (Å²) in [6.07, 6.45) is 0. The Morgan fingerprint density at radius 1 is 0.647 bits per heavy atom. The molecule has 0 bridgehead atoms. The molecule has 0 saturated heterocycles. The number of alkyl halides is 6. The average molecular weight is 408 g/mol. The monoisotopic (exact) mass is 407 g/mol. The van der Waals surface area contributed by atoms with Gasteiger partial charge in [-0.25, -0.2) is 0 Å². The molecule has 0 heterocycles. The number of hydrogen-bond donors (Lipinski definition) is 2. The van der Waals surface area contributed by atoms with E-state index >= 15 is 0 Å². The second-order valence-electron chi connectivity index (χ2n) is 1.84. The molecule has 0 rings (SSSR count). The van der Waals surface area contributed by atoms with Crippen molar-refractivity contribution in [2.75, 3.05) is 0 Å². The van der Waals surface area contributed by atoms with E-state index < -0.39 is 31.3 Å². The van der Waals surface area contributed by atoms with E-state index in [-0.39, 0.29) is 22.4 Å². The molecule has 0 atom stereocenters. The molecule has 6 nitrogen and oxygen atoms in total. The summed E-state index contributed by atoms with van der Waals surface area (Å²) < 4.78 is 115. The number of hydrogen-bond acceptors (Lipinski definition) is 4. The molecule has 0 aromatic rings. The normalized spacial score (nSPS) is 13.2. The maximum absolute atomic E-state index is 10.7. The molecule has 2 N–H and O–H groups in total. The van der Waals surface area contributed by atoms with Crippen molar-refractivity contribution in [2.45, 2.75) is 11.0 Å². The largest absolute Gasteiger partial charge is 0.522 e. The molecule has 17 heavy (non-hydrogen) atoms. The Bertz CT molecular complexity index is 374. The van der Waals surface area contributed by atoms with Gasteiger partial charge in [-0.2, -0.15) is 43.2 Å². The Kier molecular flexibility index (Phi) is 8.34. The molecule has 0 amide bonds. The van der Waals surface area contributed by atoms with E-state index in [9.17, 15) is 26.3 Å². The molecule has 0 aliphatic carbocycles. The Balaban J connectivity index is -0.000000218. The van der Waals surface area contributed by atoms with Crippen LogP contribution in [0.3, 0.4) is 0 Å². The van der Waals surface area contributed by atoms with Crippen LogP contribution in [-0.2, 0) is 42.6 Å². The van der Waals surface area contributed by atoms with Gasteiger partial charge in [0, 0.05) is 22.4 Å². The SMILES string of the molecule is O=S(=O)(O)C(F)(F)F.O=S(=O)(O)C(F)(F)F.[Ag]. The van der Waals surface area contributed by atoms with E-state index in [1.807, 2.05) is 0 Å². The van der Waals surface area contributed by atoms with Crippen molar-refractivity contribution in [3.63, 3.8) is 0 Å². The minimum absolute atomic E-state index is 0. The minimum atomic E-state index is -5.84. The Labute approximate surface area is 106 Å². The van der Waals surface area contributed by atoms with Gasteiger partial charge in [0.1, 0.15) is 0 Å². The van der Waals surface area contributed by atoms with Crippen molar-refractivity contribution in [1.82, 2.24) is 0 Å². The van der Waals surface area contributed by atoms with Crippen LogP contribution in [0.25, 0.3) is 0 Å². The fraction of sp³-hybridized carbons (Fsp3) is 1.00. The van der Waals surface area contributed by atoms with Crippen LogP contribution in [0.2, 0.25) is 0 Å². The number of halogens is 6. The zero-order valence-electron chi connectivity index (χ0n) is 6.91. The maximum atomic E-state index is 10.7. The van der Waals surface area contributed by atoms with Crippen molar-refractivity contribution in [1.29, 1.82) is 0 Å². The summed E-state index contributed by atoms with van der Waals surface area (Å²) in [6, 6.07) is 0. The van der Waals surface area contributed by atoms with Crippen molar-refractivity contribution in [3.8, 4) is 0 Å². The Hall–Kier alpha value is 0.140. The van der Waals surface area contributed by atoms with Crippen molar-refractivity contribution in [2.24, 2.45) is 0 Å². The first-order chi connectivity index (χ1) is 6.50. The molecule has 0 spiro atoms. The predicted molar refractivity (Wildman–Crippen MR) is 35.2 cm³/mol. The fourth-order valence-electron chi connectivity index (χ4n) is 0. The van der Waals surface area contributed by atoms with Gasteiger partial charge in [-0.15, -0.1) is 0 Å². The van der Waals surface area contributed by atoms with Crippen LogP contribution in [0.5, 0.6) is 0 Å². The van der Waals surface area contributed by atoms with Crippen LogP contribution >= 0.6 is 0 Å². The quantitative estimate of drug-likeness (QED) is 0.266. The standard InChI is InChI=1S/2CHF3O3S.Ag/c2*2-1(3,4)8(5,6)7;/h2*(H,5,6,7);. The number of rotatable bonds is 0. The molecule has 0 aliphatic rings. The summed E-state index contributed by atoms with van der Waals surface area (Å²) in [6.45, 7) is 0. The van der Waals surface area contributed by atoms with Gasteiger partial charge >= 0.3 is 31.3 Å². The molecular formula is C2H2AgF6O6S2. The topological polar surface area (TPSA) is 109 Å². The predicted octanol–water partition coefficient (Wildman–Crippen LogP) is 0.786. The molecular weight excluding hydrogens is 406 g/mol. The zero-order chi connectivity index (χ0) is 14.0. The zero-order valence-corrected chi connectivity index (χ0v) is 10.0. The molecule has 0 aromatic heterocycles. The van der Waals surface area contributed by atoms with E-state index in [1.54, 1.807) is 0 Å². The van der Waals surface area contributed by atoms with Crippen LogP contribution in [0.15, 0.2) is 0 Å². The van der Waals surface area contributed by atoms with Gasteiger partial charge in [-0.05, 0) is 0 Å². The first-order valence-electron chi connectivity index (χ1n) is 2.57. The molecule has 15 heteroatoms. The minimum Gasteiger partial charge on any atom is -0.279 e. The average Bonchev–Trinajstić information content (AvgIpc) is 1.77. The summed E-state index contributed by atoms with van der Waals surface area (Å²) in [7, 11) is -11.7. The Morgan fingerprint density at radius 3 is 0.706 bits per heavy atom. The van der Waals surface area contributed by atoms with E-state index in [4.69, 9.17) is 25.9 Å². The first kappa shape index (κ1) is 22.3. The van der Waals surface area contributed by atoms with Gasteiger partial charge in [0.25, 0.3) is 0 Å². The van der Waals surface area contributed by atoms with E-state index in [0.717, 1.165) is 0 Å². The first-order valence-corrected chi connectivity index (χ1v) is 5.45. The van der Waals surface area contributed by atoms with Crippen LogP contribution in [0, 0.1) is 0 Å². The molecule has 111 valence electrons. The summed E-state index contributed by atoms with van der Waals surface area (Å²) >= 11 is 0. The van der Waals surface area contributed by atoms with Crippen LogP contribution in [-0.4, -0.2) is 37.0 Å². The van der Waals surface area contributed by atoms with E-state index in [2.05, 4.69) is 0 Å². The van der Waals surface area contributed by atoms with Crippen LogP contribution < -0.4 is 0 Å². The van der Waals surface area contributed by atoms with E-state index in [1.165, 1.54) is 0 Å². The van der Waals surface area contributed by atoms with Crippen molar-refractivity contribution < 1.29 is 74.7 Å². The van der Waals surface area contributed by atoms with Crippen molar-refractivity contribution >= 4 is 20.2 Å². The molecule has 0 unspecified atom stereocenters. The Morgan fingerprint density at radius 2 is 0.706 bits per heavy atom. The summed E-state index contributed by atoms with van der Waals surface area (Å²) in [4.78, 5) is 0. The summed E-state index contributed by atoms with van der Waals surface area (Å²) in [5.74, 6) is 0. The van der Waals surface area contributed by atoms with Crippen molar-refractivity contribution in [3.05, 3.63) is 0 Å². The molecule has 1 radical (unpaired) electrons. The third-order valence-corrected chi connectivity index (χ3v) is 1.75. The summed E-state index contributed by atoms with van der Waals surface area (Å²) in [5.41, 5.74) is -11.1. The van der Waals surface area contributed by atoms with E-state index in [0.29, 0.717) is 0 Å². The van der Waals surface area contributed by atoms with Gasteiger partial charge in [0.05, 0.1) is 0 Å².